The van der Waals surface area contributed by atoms with Gasteiger partial charge in [0.1, 0.15) is 0 Å². The van der Waals surface area contributed by atoms with E-state index in [2.05, 4.69) is 4.98 Å². The fourth-order valence-corrected chi connectivity index (χ4v) is 2.83. The predicted octanol–water partition coefficient (Wildman–Crippen LogP) is 1.84. The number of fused-ring (bicyclic) bond motifs is 1. The fourth-order valence-electron chi connectivity index (χ4n) is 2.83. The van der Waals surface area contributed by atoms with E-state index in [9.17, 15) is 9.59 Å². The Bertz CT molecular complexity index is 690. The van der Waals surface area contributed by atoms with Crippen molar-refractivity contribution in [1.82, 2.24) is 4.98 Å². The number of nitrogens with one attached hydrogen (secondary N) is 1. The van der Waals surface area contributed by atoms with Gasteiger partial charge in [-0.25, -0.2) is 0 Å². The third-order valence-electron chi connectivity index (χ3n) is 3.90. The van der Waals surface area contributed by atoms with Gasteiger partial charge in [0.2, 0.25) is 0 Å². The second-order valence-corrected chi connectivity index (χ2v) is 5.21. The average molecular weight is 256 g/mol. The number of benzene rings is 1. The first-order valence-corrected chi connectivity index (χ1v) is 6.57. The summed E-state index contributed by atoms with van der Waals surface area (Å²) in [6.45, 7) is 0. The first-order chi connectivity index (χ1) is 9.16. The van der Waals surface area contributed by atoms with Crippen molar-refractivity contribution < 1.29 is 4.79 Å². The Balaban J connectivity index is 2.04. The van der Waals surface area contributed by atoms with Gasteiger partial charge in [-0.05, 0) is 31.4 Å². The first-order valence-electron chi connectivity index (χ1n) is 6.57. The second-order valence-electron chi connectivity index (χ2n) is 5.21. The number of aromatic nitrogens is 1. The molecule has 1 fully saturated rings. The van der Waals surface area contributed by atoms with E-state index in [0.717, 1.165) is 18.4 Å². The molecule has 4 nitrogen and oxygen atoms in total. The van der Waals surface area contributed by atoms with Crippen molar-refractivity contribution >= 4 is 16.7 Å². The van der Waals surface area contributed by atoms with Crippen molar-refractivity contribution in [3.63, 3.8) is 0 Å². The number of H-pyrrole nitrogens is 1. The Hall–Kier alpha value is -1.94. The number of rotatable bonds is 2. The Labute approximate surface area is 110 Å². The molecule has 4 heteroatoms. The highest BCUT2D eigenvalue weighted by molar-refractivity contribution is 6.00. The molecule has 1 aromatic heterocycles. The zero-order chi connectivity index (χ0) is 13.4. The number of aromatic amines is 1. The number of hydrogen-bond acceptors (Lipinski definition) is 3. The van der Waals surface area contributed by atoms with Crippen LogP contribution >= 0.6 is 0 Å². The maximum absolute atomic E-state index is 12.4. The summed E-state index contributed by atoms with van der Waals surface area (Å²) in [4.78, 5) is 27.7. The summed E-state index contributed by atoms with van der Waals surface area (Å²) in [5, 5.41) is 0.565. The number of pyridine rings is 1. The number of para-hydroxylation sites is 1. The van der Waals surface area contributed by atoms with Crippen LogP contribution < -0.4 is 11.2 Å². The monoisotopic (exact) mass is 256 g/mol. The van der Waals surface area contributed by atoms with Crippen molar-refractivity contribution in [3.05, 3.63) is 46.2 Å². The minimum atomic E-state index is -0.181. The van der Waals surface area contributed by atoms with Gasteiger partial charge in [-0.3, -0.25) is 9.59 Å². The zero-order valence-corrected chi connectivity index (χ0v) is 10.6. The molecule has 1 aromatic carbocycles. The van der Waals surface area contributed by atoms with Crippen molar-refractivity contribution in [2.24, 2.45) is 11.7 Å². The third kappa shape index (κ3) is 2.08. The van der Waals surface area contributed by atoms with E-state index >= 15 is 0 Å². The molecule has 19 heavy (non-hydrogen) atoms. The van der Waals surface area contributed by atoms with Crippen LogP contribution in [0, 0.1) is 5.92 Å². The van der Waals surface area contributed by atoms with Crippen molar-refractivity contribution in [3.8, 4) is 0 Å². The summed E-state index contributed by atoms with van der Waals surface area (Å²) in [7, 11) is 0. The molecule has 3 N–H and O–H groups in total. The summed E-state index contributed by atoms with van der Waals surface area (Å²) < 4.78 is 0. The van der Waals surface area contributed by atoms with Gasteiger partial charge < -0.3 is 10.7 Å². The smallest absolute Gasteiger partial charge is 0.200 e. The van der Waals surface area contributed by atoms with Gasteiger partial charge in [0.05, 0.1) is 5.56 Å². The summed E-state index contributed by atoms with van der Waals surface area (Å²) >= 11 is 0. The van der Waals surface area contributed by atoms with Crippen molar-refractivity contribution in [1.29, 1.82) is 0 Å². The van der Waals surface area contributed by atoms with E-state index in [1.165, 1.54) is 6.20 Å². The number of hydrogen-bond donors (Lipinski definition) is 2. The molecule has 1 saturated carbocycles. The minimum absolute atomic E-state index is 0.0695. The summed E-state index contributed by atoms with van der Waals surface area (Å²) in [6, 6.07) is 7.32. The molecule has 0 aliphatic heterocycles. The maximum atomic E-state index is 12.4. The molecule has 1 aliphatic rings. The largest absolute Gasteiger partial charge is 0.360 e. The molecule has 1 aliphatic carbocycles. The lowest BCUT2D eigenvalue weighted by Gasteiger charge is -2.08. The lowest BCUT2D eigenvalue weighted by Crippen LogP contribution is -2.23. The van der Waals surface area contributed by atoms with E-state index in [4.69, 9.17) is 5.73 Å². The molecular weight excluding hydrogens is 240 g/mol. The fraction of sp³-hybridized carbons (Fsp3) is 0.333. The zero-order valence-electron chi connectivity index (χ0n) is 10.6. The number of ketones is 1. The number of Topliss-reactive ketones (excluding diaryl/α,β-unsaturated/α-hetero) is 1. The first kappa shape index (κ1) is 12.1. The van der Waals surface area contributed by atoms with Crippen LogP contribution in [0.25, 0.3) is 10.9 Å². The van der Waals surface area contributed by atoms with Gasteiger partial charge in [-0.15, -0.1) is 0 Å². The summed E-state index contributed by atoms with van der Waals surface area (Å²) in [6.07, 6.45) is 3.87. The molecule has 3 rings (SSSR count). The standard InChI is InChI=1S/C15H16N2O2/c16-10-6-5-9(7-10)14(18)12-8-17-13-4-2-1-3-11(13)15(12)19/h1-4,8-10H,5-7,16H2,(H,17,19). The quantitative estimate of drug-likeness (QED) is 0.805. The minimum Gasteiger partial charge on any atom is -0.360 e. The highest BCUT2D eigenvalue weighted by Crippen LogP contribution is 2.26. The lowest BCUT2D eigenvalue weighted by atomic mass is 9.96. The predicted molar refractivity (Wildman–Crippen MR) is 74.2 cm³/mol. The topological polar surface area (TPSA) is 76.0 Å². The SMILES string of the molecule is NC1CCC(C(=O)c2c[nH]c3ccccc3c2=O)C1. The molecule has 1 heterocycles. The molecule has 0 spiro atoms. The van der Waals surface area contributed by atoms with Gasteiger partial charge in [0.25, 0.3) is 0 Å². The number of nitrogens with two attached hydrogens (primary N) is 1. The van der Waals surface area contributed by atoms with Gasteiger partial charge in [-0.1, -0.05) is 12.1 Å². The molecule has 0 bridgehead atoms. The van der Waals surface area contributed by atoms with Crippen LogP contribution in [0.3, 0.4) is 0 Å². The molecule has 0 amide bonds. The van der Waals surface area contributed by atoms with Crippen LogP contribution in [0.1, 0.15) is 29.6 Å². The second kappa shape index (κ2) is 4.63. The van der Waals surface area contributed by atoms with E-state index in [0.29, 0.717) is 11.8 Å². The number of carbonyl (C=O) groups excluding carboxylic acids is 1. The van der Waals surface area contributed by atoms with Gasteiger partial charge >= 0.3 is 0 Å². The van der Waals surface area contributed by atoms with Crippen LogP contribution in [-0.4, -0.2) is 16.8 Å². The van der Waals surface area contributed by atoms with Crippen LogP contribution in [-0.2, 0) is 0 Å². The Kier molecular flexibility index (Phi) is 2.95. The molecule has 98 valence electrons. The van der Waals surface area contributed by atoms with E-state index in [1.54, 1.807) is 12.1 Å². The van der Waals surface area contributed by atoms with Crippen LogP contribution in [0.5, 0.6) is 0 Å². The maximum Gasteiger partial charge on any atom is 0.200 e. The van der Waals surface area contributed by atoms with Crippen LogP contribution in [0.2, 0.25) is 0 Å². The molecule has 2 atom stereocenters. The van der Waals surface area contributed by atoms with E-state index in [1.807, 2.05) is 12.1 Å². The Morgan fingerprint density at radius 1 is 1.26 bits per heavy atom. The van der Waals surface area contributed by atoms with Gasteiger partial charge in [0, 0.05) is 29.1 Å². The normalized spacial score (nSPS) is 22.8. The summed E-state index contributed by atoms with van der Waals surface area (Å²) in [5.74, 6) is -0.169. The lowest BCUT2D eigenvalue weighted by molar-refractivity contribution is 0.0920. The highest BCUT2D eigenvalue weighted by atomic mass is 16.1. The third-order valence-corrected chi connectivity index (χ3v) is 3.90. The molecule has 2 aromatic rings. The Morgan fingerprint density at radius 3 is 2.79 bits per heavy atom. The van der Waals surface area contributed by atoms with Gasteiger partial charge in [-0.2, -0.15) is 0 Å². The van der Waals surface area contributed by atoms with Crippen LogP contribution in [0.4, 0.5) is 0 Å². The molecule has 0 saturated heterocycles. The molecular formula is C15H16N2O2. The average Bonchev–Trinajstić information content (AvgIpc) is 2.85. The molecule has 0 radical (unpaired) electrons. The van der Waals surface area contributed by atoms with Crippen molar-refractivity contribution in [2.75, 3.05) is 0 Å². The summed E-state index contributed by atoms with van der Waals surface area (Å²) in [5.41, 5.74) is 6.67. The van der Waals surface area contributed by atoms with Gasteiger partial charge in [0.15, 0.2) is 11.2 Å². The highest BCUT2D eigenvalue weighted by Gasteiger charge is 2.29. The Morgan fingerprint density at radius 2 is 2.05 bits per heavy atom. The van der Waals surface area contributed by atoms with Crippen LogP contribution in [0.15, 0.2) is 35.3 Å². The van der Waals surface area contributed by atoms with E-state index < -0.39 is 0 Å². The molecule has 2 unspecified atom stereocenters. The van der Waals surface area contributed by atoms with E-state index in [-0.39, 0.29) is 28.7 Å². The number of carbonyl (C=O) groups is 1. The van der Waals surface area contributed by atoms with Crippen molar-refractivity contribution in [2.45, 2.75) is 25.3 Å².